The molecule has 2 aliphatic rings. The molecule has 1 heteroatoms. The van der Waals surface area contributed by atoms with Crippen LogP contribution in [-0.4, -0.2) is 0 Å². The minimum atomic E-state index is -2.34. The fourth-order valence-corrected chi connectivity index (χ4v) is 14.9. The van der Waals surface area contributed by atoms with E-state index in [0.29, 0.717) is 0 Å². The van der Waals surface area contributed by atoms with Crippen molar-refractivity contribution in [3.8, 4) is 0 Å². The Morgan fingerprint density at radius 3 is 2.62 bits per heavy atom. The molecular formula is C20H30Hf. The van der Waals surface area contributed by atoms with Crippen LogP contribution in [0.4, 0.5) is 0 Å². The Morgan fingerprint density at radius 2 is 1.90 bits per heavy atom. The Balaban J connectivity index is 1.90. The van der Waals surface area contributed by atoms with E-state index in [-0.39, 0.29) is 0 Å². The van der Waals surface area contributed by atoms with Gasteiger partial charge in [-0.15, -0.1) is 0 Å². The molecule has 0 aromatic rings. The van der Waals surface area contributed by atoms with Gasteiger partial charge < -0.3 is 0 Å². The molecule has 0 nitrogen and oxygen atoms in total. The van der Waals surface area contributed by atoms with Gasteiger partial charge in [-0.2, -0.15) is 0 Å². The Kier molecular flexibility index (Phi) is 6.67. The van der Waals surface area contributed by atoms with Gasteiger partial charge in [0.05, 0.1) is 0 Å². The van der Waals surface area contributed by atoms with Crippen LogP contribution in [0.3, 0.4) is 0 Å². The molecule has 0 aliphatic heterocycles. The second kappa shape index (κ2) is 8.27. The molecule has 0 fully saturated rings. The zero-order valence-corrected chi connectivity index (χ0v) is 17.4. The number of hydrogen-bond donors (Lipinski definition) is 0. The van der Waals surface area contributed by atoms with Crippen molar-refractivity contribution in [2.45, 2.75) is 60.7 Å². The first-order chi connectivity index (χ1) is 10.2. The van der Waals surface area contributed by atoms with Gasteiger partial charge in [0.25, 0.3) is 0 Å². The molecule has 0 radical (unpaired) electrons. The maximum atomic E-state index is 3.80. The molecule has 0 aromatic heterocycles. The summed E-state index contributed by atoms with van der Waals surface area (Å²) in [4.78, 5) is 0. The monoisotopic (exact) mass is 450 g/mol. The molecule has 114 valence electrons. The van der Waals surface area contributed by atoms with Crippen LogP contribution in [0.2, 0.25) is 9.36 Å². The summed E-state index contributed by atoms with van der Waals surface area (Å²) in [7, 11) is 0. The average Bonchev–Trinajstić information content (AvgIpc) is 3.13. The van der Waals surface area contributed by atoms with Crippen LogP contribution in [0.1, 0.15) is 51.4 Å². The Morgan fingerprint density at radius 1 is 1.10 bits per heavy atom. The molecule has 0 amide bonds. The standard InChI is InChI=1S/C13H19.C5H5.2CH3.Hf/c1-2-3-4-5-6-7-10-13-11-8-9-12-13;1-2-4-5-3-1;;;/h2,8,11H,1,3-7,9-10H2;1-3H,4H2;2*1H3;. The summed E-state index contributed by atoms with van der Waals surface area (Å²) in [6.07, 6.45) is 24.3. The van der Waals surface area contributed by atoms with Gasteiger partial charge in [-0.1, -0.05) is 0 Å². The fraction of sp³-hybridized carbons (Fsp3) is 0.500. The van der Waals surface area contributed by atoms with Gasteiger partial charge in [0.2, 0.25) is 0 Å². The van der Waals surface area contributed by atoms with Gasteiger partial charge in [0, 0.05) is 0 Å². The molecular weight excluding hydrogens is 419 g/mol. The predicted molar refractivity (Wildman–Crippen MR) is 92.3 cm³/mol. The SMILES string of the molecule is C=CCCCCCCC1=[C]([Hf]([CH3])([CH3])[C]2=CC=CC2)CC=C1. The van der Waals surface area contributed by atoms with Crippen molar-refractivity contribution in [2.24, 2.45) is 0 Å². The van der Waals surface area contributed by atoms with E-state index >= 15 is 0 Å². The van der Waals surface area contributed by atoms with Gasteiger partial charge in [0.1, 0.15) is 0 Å². The summed E-state index contributed by atoms with van der Waals surface area (Å²) in [5.74, 6) is 0. The van der Waals surface area contributed by atoms with E-state index < -0.39 is 20.0 Å². The molecule has 0 aromatic carbocycles. The van der Waals surface area contributed by atoms with Gasteiger partial charge >= 0.3 is 136 Å². The zero-order chi connectivity index (χ0) is 15.1. The normalized spacial score (nSPS) is 17.7. The molecule has 2 aliphatic carbocycles. The number of unbranched alkanes of at least 4 members (excludes halogenated alkanes) is 4. The Labute approximate surface area is 135 Å². The molecule has 2 rings (SSSR count). The Bertz CT molecular complexity index is 486. The van der Waals surface area contributed by atoms with Crippen LogP contribution < -0.4 is 0 Å². The topological polar surface area (TPSA) is 0 Å². The first-order valence-corrected chi connectivity index (χ1v) is 19.3. The average molecular weight is 449 g/mol. The fourth-order valence-electron chi connectivity index (χ4n) is 3.50. The van der Waals surface area contributed by atoms with E-state index in [0.717, 1.165) is 0 Å². The third kappa shape index (κ3) is 4.52. The van der Waals surface area contributed by atoms with E-state index in [2.05, 4.69) is 46.3 Å². The van der Waals surface area contributed by atoms with Crippen molar-refractivity contribution >= 4 is 0 Å². The van der Waals surface area contributed by atoms with E-state index in [1.807, 2.05) is 9.41 Å². The molecule has 0 spiro atoms. The second-order valence-electron chi connectivity index (χ2n) is 6.80. The zero-order valence-electron chi connectivity index (χ0n) is 13.8. The molecule has 0 saturated heterocycles. The number of hydrogen-bond acceptors (Lipinski definition) is 0. The third-order valence-electron chi connectivity index (χ3n) is 4.96. The van der Waals surface area contributed by atoms with Crippen molar-refractivity contribution in [3.05, 3.63) is 55.3 Å². The van der Waals surface area contributed by atoms with Crippen molar-refractivity contribution in [1.82, 2.24) is 0 Å². The first-order valence-electron chi connectivity index (χ1n) is 8.52. The van der Waals surface area contributed by atoms with Crippen molar-refractivity contribution in [1.29, 1.82) is 0 Å². The summed E-state index contributed by atoms with van der Waals surface area (Å²) < 4.78 is 8.92. The van der Waals surface area contributed by atoms with Crippen molar-refractivity contribution in [2.75, 3.05) is 0 Å². The molecule has 0 unspecified atom stereocenters. The van der Waals surface area contributed by atoms with E-state index in [4.69, 9.17) is 0 Å². The minimum absolute atomic E-state index is 1.18. The van der Waals surface area contributed by atoms with Gasteiger partial charge in [0.15, 0.2) is 0 Å². The maximum absolute atomic E-state index is 3.80. The summed E-state index contributed by atoms with van der Waals surface area (Å²) in [5, 5.41) is 0. The molecule has 0 bridgehead atoms. The number of allylic oxidation sites excluding steroid dienone is 9. The second-order valence-corrected chi connectivity index (χ2v) is 23.0. The summed E-state index contributed by atoms with van der Waals surface area (Å²) in [5.41, 5.74) is 1.71. The van der Waals surface area contributed by atoms with Gasteiger partial charge in [-0.25, -0.2) is 0 Å². The summed E-state index contributed by atoms with van der Waals surface area (Å²) in [6, 6.07) is 0. The molecule has 0 heterocycles. The molecule has 21 heavy (non-hydrogen) atoms. The molecule has 0 atom stereocenters. The quantitative estimate of drug-likeness (QED) is 0.206. The Hall–Kier alpha value is -0.430. The number of rotatable bonds is 9. The van der Waals surface area contributed by atoms with Crippen LogP contribution in [0.25, 0.3) is 0 Å². The van der Waals surface area contributed by atoms with Crippen LogP contribution >= 0.6 is 0 Å². The van der Waals surface area contributed by atoms with Gasteiger partial charge in [-0.3, -0.25) is 0 Å². The van der Waals surface area contributed by atoms with Crippen LogP contribution in [0, 0.1) is 0 Å². The molecule has 0 saturated carbocycles. The van der Waals surface area contributed by atoms with Crippen molar-refractivity contribution in [3.63, 3.8) is 0 Å². The van der Waals surface area contributed by atoms with E-state index in [1.54, 1.807) is 8.90 Å². The molecule has 0 N–H and O–H groups in total. The van der Waals surface area contributed by atoms with Crippen LogP contribution in [0.15, 0.2) is 55.3 Å². The third-order valence-corrected chi connectivity index (χ3v) is 19.4. The van der Waals surface area contributed by atoms with Crippen LogP contribution in [0.5, 0.6) is 0 Å². The summed E-state index contributed by atoms with van der Waals surface area (Å²) >= 11 is -2.34. The predicted octanol–water partition coefficient (Wildman–Crippen LogP) is 6.82. The first kappa shape index (κ1) is 16.9. The van der Waals surface area contributed by atoms with Crippen LogP contribution in [-0.2, 0) is 20.0 Å². The van der Waals surface area contributed by atoms with E-state index in [9.17, 15) is 0 Å². The summed E-state index contributed by atoms with van der Waals surface area (Å²) in [6.45, 7) is 3.80. The van der Waals surface area contributed by atoms with Crippen molar-refractivity contribution < 1.29 is 20.0 Å². The van der Waals surface area contributed by atoms with E-state index in [1.165, 1.54) is 51.4 Å². The van der Waals surface area contributed by atoms with Gasteiger partial charge in [-0.05, 0) is 0 Å².